The number of para-hydroxylation sites is 2. The van der Waals surface area contributed by atoms with E-state index in [1.54, 1.807) is 0 Å². The van der Waals surface area contributed by atoms with E-state index in [0.717, 1.165) is 0 Å². The van der Waals surface area contributed by atoms with Crippen molar-refractivity contribution < 1.29 is 0 Å². The molecule has 3 rings (SSSR count). The van der Waals surface area contributed by atoms with Gasteiger partial charge in [0.05, 0.1) is 0 Å². The minimum Gasteiger partial charge on any atom is -0.355 e. The van der Waals surface area contributed by atoms with E-state index in [0.29, 0.717) is 0 Å². The van der Waals surface area contributed by atoms with Crippen LogP contribution in [0, 0.1) is 0 Å². The molecule has 16 heavy (non-hydrogen) atoms. The van der Waals surface area contributed by atoms with Gasteiger partial charge in [-0.15, -0.1) is 0 Å². The third-order valence-electron chi connectivity index (χ3n) is 3.47. The van der Waals surface area contributed by atoms with Gasteiger partial charge in [-0.3, -0.25) is 0 Å². The summed E-state index contributed by atoms with van der Waals surface area (Å²) < 4.78 is 0. The summed E-state index contributed by atoms with van der Waals surface area (Å²) in [4.78, 5) is 0. The maximum atomic E-state index is 3.50. The summed E-state index contributed by atoms with van der Waals surface area (Å²) in [5, 5.41) is 3.50. The number of hydrogen-bond acceptors (Lipinski definition) is 1. The van der Waals surface area contributed by atoms with Crippen molar-refractivity contribution in [2.45, 2.75) is 19.3 Å². The second kappa shape index (κ2) is 3.11. The van der Waals surface area contributed by atoms with Gasteiger partial charge in [-0.2, -0.15) is 0 Å². The number of anilines is 2. The monoisotopic (exact) mass is 215 g/mol. The lowest BCUT2D eigenvalue weighted by molar-refractivity contribution is 0.638. The Bertz CT molecular complexity index is 493. The van der Waals surface area contributed by atoms with Crippen molar-refractivity contribution >= 4 is 11.4 Å². The first-order chi connectivity index (χ1) is 7.69. The molecular formula is C15H15N. The molecule has 2 aromatic carbocycles. The highest BCUT2D eigenvalue weighted by Crippen LogP contribution is 2.44. The Morgan fingerprint density at radius 1 is 0.750 bits per heavy atom. The molecule has 0 fully saturated rings. The predicted molar refractivity (Wildman–Crippen MR) is 68.3 cm³/mol. The molecule has 1 nitrogen and oxygen atoms in total. The first-order valence-electron chi connectivity index (χ1n) is 5.65. The van der Waals surface area contributed by atoms with Crippen molar-refractivity contribution in [1.29, 1.82) is 0 Å². The Hall–Kier alpha value is -1.76. The number of fused-ring (bicyclic) bond motifs is 2. The van der Waals surface area contributed by atoms with Crippen molar-refractivity contribution in [3.63, 3.8) is 0 Å². The zero-order valence-corrected chi connectivity index (χ0v) is 9.62. The van der Waals surface area contributed by atoms with Crippen LogP contribution < -0.4 is 5.32 Å². The number of rotatable bonds is 0. The summed E-state index contributed by atoms with van der Waals surface area (Å²) in [6.07, 6.45) is 0. The van der Waals surface area contributed by atoms with E-state index >= 15 is 0 Å². The summed E-state index contributed by atoms with van der Waals surface area (Å²) in [6, 6.07) is 17.1. The normalized spacial score (nSPS) is 15.9. The predicted octanol–water partition coefficient (Wildman–Crippen LogP) is 4.07. The highest BCUT2D eigenvalue weighted by atomic mass is 15.2. The van der Waals surface area contributed by atoms with Gasteiger partial charge in [0.2, 0.25) is 0 Å². The van der Waals surface area contributed by atoms with Crippen LogP contribution in [0.3, 0.4) is 0 Å². The maximum absolute atomic E-state index is 3.50. The highest BCUT2D eigenvalue weighted by molar-refractivity contribution is 5.75. The molecular weight excluding hydrogens is 200 g/mol. The van der Waals surface area contributed by atoms with Crippen molar-refractivity contribution in [2.75, 3.05) is 5.32 Å². The fraction of sp³-hybridized carbons (Fsp3) is 0.200. The zero-order chi connectivity index (χ0) is 11.2. The Kier molecular flexibility index (Phi) is 1.84. The molecule has 2 aromatic rings. The number of benzene rings is 2. The lowest BCUT2D eigenvalue weighted by Crippen LogP contribution is -2.25. The third kappa shape index (κ3) is 1.18. The second-order valence-electron chi connectivity index (χ2n) is 4.84. The molecule has 1 aliphatic heterocycles. The molecule has 0 bridgehead atoms. The van der Waals surface area contributed by atoms with Crippen LogP contribution in [0.1, 0.15) is 25.0 Å². The molecule has 0 aromatic heterocycles. The molecule has 0 saturated heterocycles. The van der Waals surface area contributed by atoms with Crippen LogP contribution in [-0.4, -0.2) is 0 Å². The minimum atomic E-state index is 0.0818. The van der Waals surface area contributed by atoms with Gasteiger partial charge in [0.25, 0.3) is 0 Å². The summed E-state index contributed by atoms with van der Waals surface area (Å²) in [5.74, 6) is 0. The van der Waals surface area contributed by atoms with Crippen molar-refractivity contribution in [1.82, 2.24) is 0 Å². The van der Waals surface area contributed by atoms with Crippen LogP contribution >= 0.6 is 0 Å². The Morgan fingerprint density at radius 3 is 1.69 bits per heavy atom. The standard InChI is InChI=1S/C15H15N/c1-15(2)11-7-3-5-9-13(11)16-14-10-6-4-8-12(14)15/h3-10,16H,1-2H3/i3+1,5+1,7+1,9+1,11+1,13+1. The van der Waals surface area contributed by atoms with Gasteiger partial charge in [0.1, 0.15) is 0 Å². The van der Waals surface area contributed by atoms with Crippen LogP contribution in [-0.2, 0) is 5.41 Å². The third-order valence-corrected chi connectivity index (χ3v) is 3.47. The largest absolute Gasteiger partial charge is 0.355 e. The van der Waals surface area contributed by atoms with Gasteiger partial charge in [0.15, 0.2) is 0 Å². The molecule has 0 spiro atoms. The molecule has 0 unspecified atom stereocenters. The zero-order valence-electron chi connectivity index (χ0n) is 9.62. The smallest absolute Gasteiger partial charge is 0.0425 e. The fourth-order valence-electron chi connectivity index (χ4n) is 2.56. The molecule has 0 saturated carbocycles. The topological polar surface area (TPSA) is 12.0 Å². The van der Waals surface area contributed by atoms with Crippen molar-refractivity contribution in [3.05, 3.63) is 59.7 Å². The first-order valence-corrected chi connectivity index (χ1v) is 5.65. The average molecular weight is 215 g/mol. The van der Waals surface area contributed by atoms with Crippen LogP contribution in [0.25, 0.3) is 0 Å². The fourth-order valence-corrected chi connectivity index (χ4v) is 2.56. The van der Waals surface area contributed by atoms with Gasteiger partial charge in [0, 0.05) is 16.8 Å². The van der Waals surface area contributed by atoms with Gasteiger partial charge in [-0.1, -0.05) is 50.2 Å². The SMILES string of the molecule is CC1(C)c2ccccc2N[13c]2[13cH][13cH][13cH][13cH][13c]21. The van der Waals surface area contributed by atoms with Crippen LogP contribution in [0.4, 0.5) is 11.4 Å². The lowest BCUT2D eigenvalue weighted by atomic mass is 9.88. The molecule has 1 aliphatic rings. The number of hydrogen-bond donors (Lipinski definition) is 1. The Balaban J connectivity index is 2.28. The van der Waals surface area contributed by atoms with E-state index in [9.17, 15) is 0 Å². The quantitative estimate of drug-likeness (QED) is 0.698. The lowest BCUT2D eigenvalue weighted by Gasteiger charge is -2.35. The highest BCUT2D eigenvalue weighted by Gasteiger charge is 2.31. The molecule has 1 heteroatoms. The second-order valence-corrected chi connectivity index (χ2v) is 4.84. The summed E-state index contributed by atoms with van der Waals surface area (Å²) >= 11 is 0. The van der Waals surface area contributed by atoms with Crippen LogP contribution in [0.15, 0.2) is 48.5 Å². The van der Waals surface area contributed by atoms with E-state index in [-0.39, 0.29) is 5.41 Å². The van der Waals surface area contributed by atoms with Gasteiger partial charge in [-0.05, 0) is 23.3 Å². The minimum absolute atomic E-state index is 0.0818. The Labute approximate surface area is 96.1 Å². The summed E-state index contributed by atoms with van der Waals surface area (Å²) in [7, 11) is 0. The van der Waals surface area contributed by atoms with Crippen LogP contribution in [0.5, 0.6) is 0 Å². The van der Waals surface area contributed by atoms with Crippen molar-refractivity contribution in [3.8, 4) is 0 Å². The molecule has 80 valence electrons. The Morgan fingerprint density at radius 2 is 1.19 bits per heavy atom. The average Bonchev–Trinajstić information content (AvgIpc) is 2.29. The molecule has 0 atom stereocenters. The van der Waals surface area contributed by atoms with Gasteiger partial charge >= 0.3 is 0 Å². The maximum Gasteiger partial charge on any atom is 0.0425 e. The van der Waals surface area contributed by atoms with E-state index in [1.807, 2.05) is 0 Å². The molecule has 0 amide bonds. The number of nitrogens with one attached hydrogen (secondary N) is 1. The first kappa shape index (κ1) is 9.46. The molecule has 0 radical (unpaired) electrons. The van der Waals surface area contributed by atoms with E-state index < -0.39 is 0 Å². The van der Waals surface area contributed by atoms with Crippen LogP contribution in [0.2, 0.25) is 0 Å². The van der Waals surface area contributed by atoms with Gasteiger partial charge < -0.3 is 5.32 Å². The molecule has 0 aliphatic carbocycles. The van der Waals surface area contributed by atoms with Crippen molar-refractivity contribution in [2.24, 2.45) is 0 Å². The summed E-state index contributed by atoms with van der Waals surface area (Å²) in [6.45, 7) is 4.57. The molecule has 1 N–H and O–H groups in total. The van der Waals surface area contributed by atoms with E-state index in [1.165, 1.54) is 22.5 Å². The van der Waals surface area contributed by atoms with E-state index in [4.69, 9.17) is 0 Å². The van der Waals surface area contributed by atoms with E-state index in [2.05, 4.69) is 67.7 Å². The van der Waals surface area contributed by atoms with Gasteiger partial charge in [-0.25, -0.2) is 0 Å². The molecule has 1 heterocycles. The summed E-state index contributed by atoms with van der Waals surface area (Å²) in [5.41, 5.74) is 5.28.